The predicted molar refractivity (Wildman–Crippen MR) is 49.6 cm³/mol. The summed E-state index contributed by atoms with van der Waals surface area (Å²) in [5, 5.41) is 3.35. The third-order valence-electron chi connectivity index (χ3n) is 2.77. The van der Waals surface area contributed by atoms with Crippen molar-refractivity contribution in [1.82, 2.24) is 5.32 Å². The molecule has 1 saturated carbocycles. The molecule has 2 rings (SSSR count). The molecule has 0 bridgehead atoms. The number of rotatable bonds is 5. The Bertz CT molecular complexity index is 183. The molecule has 0 radical (unpaired) electrons. The van der Waals surface area contributed by atoms with Gasteiger partial charge in [-0.3, -0.25) is 4.79 Å². The Morgan fingerprint density at radius 1 is 1.38 bits per heavy atom. The van der Waals surface area contributed by atoms with E-state index in [0.717, 1.165) is 19.6 Å². The molecule has 0 aromatic heterocycles. The highest BCUT2D eigenvalue weighted by molar-refractivity contribution is 5.81. The fourth-order valence-electron chi connectivity index (χ4n) is 1.68. The number of ether oxygens (including phenoxy) is 1. The molecular weight excluding hydrogens is 166 g/mol. The molecule has 1 aliphatic carbocycles. The molecule has 1 heterocycles. The first-order chi connectivity index (χ1) is 6.36. The SMILES string of the molecule is O=C(CCNC1CC1)C1CCOC1. The van der Waals surface area contributed by atoms with Crippen LogP contribution in [0.25, 0.3) is 0 Å². The zero-order valence-electron chi connectivity index (χ0n) is 7.92. The number of Topliss-reactive ketones (excluding diaryl/α,β-unsaturated/α-hetero) is 1. The van der Waals surface area contributed by atoms with E-state index in [1.807, 2.05) is 0 Å². The van der Waals surface area contributed by atoms with Gasteiger partial charge in [0.15, 0.2) is 0 Å². The lowest BCUT2D eigenvalue weighted by Crippen LogP contribution is -2.23. The van der Waals surface area contributed by atoms with Crippen LogP contribution in [-0.4, -0.2) is 31.6 Å². The molecule has 2 fully saturated rings. The van der Waals surface area contributed by atoms with Crippen LogP contribution in [0.1, 0.15) is 25.7 Å². The van der Waals surface area contributed by atoms with Gasteiger partial charge in [0.05, 0.1) is 6.61 Å². The Labute approximate surface area is 78.8 Å². The van der Waals surface area contributed by atoms with Gasteiger partial charge in [-0.25, -0.2) is 0 Å². The highest BCUT2D eigenvalue weighted by atomic mass is 16.5. The predicted octanol–water partition coefficient (Wildman–Crippen LogP) is 0.734. The van der Waals surface area contributed by atoms with Crippen molar-refractivity contribution in [3.05, 3.63) is 0 Å². The van der Waals surface area contributed by atoms with Crippen molar-refractivity contribution in [1.29, 1.82) is 0 Å². The van der Waals surface area contributed by atoms with E-state index in [4.69, 9.17) is 4.74 Å². The second-order valence-electron chi connectivity index (χ2n) is 4.01. The summed E-state index contributed by atoms with van der Waals surface area (Å²) in [5.74, 6) is 0.576. The van der Waals surface area contributed by atoms with Gasteiger partial charge in [0.2, 0.25) is 0 Å². The van der Waals surface area contributed by atoms with Crippen LogP contribution in [0.2, 0.25) is 0 Å². The van der Waals surface area contributed by atoms with Gasteiger partial charge in [-0.2, -0.15) is 0 Å². The van der Waals surface area contributed by atoms with E-state index in [1.54, 1.807) is 0 Å². The molecule has 3 heteroatoms. The molecule has 2 aliphatic rings. The molecule has 0 spiro atoms. The van der Waals surface area contributed by atoms with E-state index in [9.17, 15) is 4.79 Å². The van der Waals surface area contributed by atoms with Crippen LogP contribution < -0.4 is 5.32 Å². The van der Waals surface area contributed by atoms with Crippen LogP contribution in [0.5, 0.6) is 0 Å². The fourth-order valence-corrected chi connectivity index (χ4v) is 1.68. The van der Waals surface area contributed by atoms with Gasteiger partial charge in [0.1, 0.15) is 5.78 Å². The number of carbonyl (C=O) groups is 1. The van der Waals surface area contributed by atoms with Crippen molar-refractivity contribution in [2.45, 2.75) is 31.7 Å². The summed E-state index contributed by atoms with van der Waals surface area (Å²) in [5.41, 5.74) is 0. The van der Waals surface area contributed by atoms with E-state index in [0.29, 0.717) is 24.9 Å². The first-order valence-corrected chi connectivity index (χ1v) is 5.20. The summed E-state index contributed by atoms with van der Waals surface area (Å²) >= 11 is 0. The molecule has 13 heavy (non-hydrogen) atoms. The van der Waals surface area contributed by atoms with Crippen molar-refractivity contribution in [2.75, 3.05) is 19.8 Å². The molecule has 1 atom stereocenters. The minimum Gasteiger partial charge on any atom is -0.381 e. The van der Waals surface area contributed by atoms with E-state index < -0.39 is 0 Å². The average molecular weight is 183 g/mol. The van der Waals surface area contributed by atoms with Crippen LogP contribution in [-0.2, 0) is 9.53 Å². The zero-order chi connectivity index (χ0) is 9.10. The topological polar surface area (TPSA) is 38.3 Å². The Morgan fingerprint density at radius 2 is 2.23 bits per heavy atom. The van der Waals surface area contributed by atoms with Gasteiger partial charge in [-0.05, 0) is 19.3 Å². The number of hydrogen-bond acceptors (Lipinski definition) is 3. The highest BCUT2D eigenvalue weighted by Crippen LogP contribution is 2.19. The van der Waals surface area contributed by atoms with Crippen molar-refractivity contribution in [2.24, 2.45) is 5.92 Å². The van der Waals surface area contributed by atoms with E-state index in [2.05, 4.69) is 5.32 Å². The number of carbonyl (C=O) groups excluding carboxylic acids is 1. The smallest absolute Gasteiger partial charge is 0.139 e. The first-order valence-electron chi connectivity index (χ1n) is 5.20. The van der Waals surface area contributed by atoms with Gasteiger partial charge in [-0.15, -0.1) is 0 Å². The summed E-state index contributed by atoms with van der Waals surface area (Å²) in [6.07, 6.45) is 4.20. The molecular formula is C10H17NO2. The van der Waals surface area contributed by atoms with Gasteiger partial charge in [0.25, 0.3) is 0 Å². The summed E-state index contributed by atoms with van der Waals surface area (Å²) in [4.78, 5) is 11.5. The van der Waals surface area contributed by atoms with Gasteiger partial charge >= 0.3 is 0 Å². The normalized spacial score (nSPS) is 27.8. The zero-order valence-corrected chi connectivity index (χ0v) is 7.92. The summed E-state index contributed by atoms with van der Waals surface area (Å²) in [6, 6.07) is 0.715. The lowest BCUT2D eigenvalue weighted by molar-refractivity contribution is -0.122. The number of hydrogen-bond donors (Lipinski definition) is 1. The Balaban J connectivity index is 1.59. The maximum Gasteiger partial charge on any atom is 0.139 e. The quantitative estimate of drug-likeness (QED) is 0.683. The third kappa shape index (κ3) is 2.78. The Hall–Kier alpha value is -0.410. The van der Waals surface area contributed by atoms with Gasteiger partial charge in [0, 0.05) is 31.5 Å². The van der Waals surface area contributed by atoms with Crippen molar-refractivity contribution >= 4 is 5.78 Å². The minimum absolute atomic E-state index is 0.195. The van der Waals surface area contributed by atoms with E-state index in [-0.39, 0.29) is 5.92 Å². The molecule has 0 amide bonds. The second kappa shape index (κ2) is 4.20. The van der Waals surface area contributed by atoms with Crippen LogP contribution in [0.4, 0.5) is 0 Å². The Morgan fingerprint density at radius 3 is 2.85 bits per heavy atom. The maximum absolute atomic E-state index is 11.5. The maximum atomic E-state index is 11.5. The fraction of sp³-hybridized carbons (Fsp3) is 0.900. The van der Waals surface area contributed by atoms with Gasteiger partial charge in [-0.1, -0.05) is 0 Å². The largest absolute Gasteiger partial charge is 0.381 e. The third-order valence-corrected chi connectivity index (χ3v) is 2.77. The van der Waals surface area contributed by atoms with Crippen molar-refractivity contribution in [3.63, 3.8) is 0 Å². The summed E-state index contributed by atoms with van der Waals surface area (Å²) in [7, 11) is 0. The van der Waals surface area contributed by atoms with E-state index >= 15 is 0 Å². The number of nitrogens with one attached hydrogen (secondary N) is 1. The summed E-state index contributed by atoms with van der Waals surface area (Å²) < 4.78 is 5.18. The van der Waals surface area contributed by atoms with Crippen molar-refractivity contribution < 1.29 is 9.53 Å². The minimum atomic E-state index is 0.195. The highest BCUT2D eigenvalue weighted by Gasteiger charge is 2.24. The lowest BCUT2D eigenvalue weighted by atomic mass is 10.0. The molecule has 1 aliphatic heterocycles. The van der Waals surface area contributed by atoms with Crippen molar-refractivity contribution in [3.8, 4) is 0 Å². The summed E-state index contributed by atoms with van der Waals surface area (Å²) in [6.45, 7) is 2.29. The molecule has 3 nitrogen and oxygen atoms in total. The van der Waals surface area contributed by atoms with Crippen LogP contribution in [0.3, 0.4) is 0 Å². The molecule has 0 aromatic rings. The number of ketones is 1. The van der Waals surface area contributed by atoms with Gasteiger partial charge < -0.3 is 10.1 Å². The first kappa shape index (κ1) is 9.16. The second-order valence-corrected chi connectivity index (χ2v) is 4.01. The monoisotopic (exact) mass is 183 g/mol. The lowest BCUT2D eigenvalue weighted by Gasteiger charge is -2.06. The molecule has 74 valence electrons. The molecule has 1 N–H and O–H groups in total. The Kier molecular flexibility index (Phi) is 2.96. The molecule has 1 saturated heterocycles. The van der Waals surface area contributed by atoms with Crippen LogP contribution in [0.15, 0.2) is 0 Å². The standard InChI is InChI=1S/C10H17NO2/c12-10(8-4-6-13-7-8)3-5-11-9-1-2-9/h8-9,11H,1-7H2. The molecule has 0 aromatic carbocycles. The van der Waals surface area contributed by atoms with E-state index in [1.165, 1.54) is 12.8 Å². The average Bonchev–Trinajstić information content (AvgIpc) is 2.80. The van der Waals surface area contributed by atoms with Crippen LogP contribution in [0, 0.1) is 5.92 Å². The molecule has 1 unspecified atom stereocenters. The van der Waals surface area contributed by atoms with Crippen LogP contribution >= 0.6 is 0 Å².